The summed E-state index contributed by atoms with van der Waals surface area (Å²) in [5.41, 5.74) is 0. The maximum atomic E-state index is 8.56. The summed E-state index contributed by atoms with van der Waals surface area (Å²) < 4.78 is 0. The number of hydrogen-bond donors (Lipinski definition) is 3. The van der Waals surface area contributed by atoms with Gasteiger partial charge in [0.1, 0.15) is 0 Å². The second-order valence-electron chi connectivity index (χ2n) is 2.70. The van der Waals surface area contributed by atoms with Crippen LogP contribution in [0.4, 0.5) is 4.79 Å². The molecular weight excluding hydrogens is 170 g/mol. The van der Waals surface area contributed by atoms with Gasteiger partial charge in [0.05, 0.1) is 0 Å². The van der Waals surface area contributed by atoms with E-state index in [0.29, 0.717) is 0 Å². The van der Waals surface area contributed by atoms with Crippen molar-refractivity contribution in [2.24, 2.45) is 0 Å². The van der Waals surface area contributed by atoms with Crippen molar-refractivity contribution < 1.29 is 15.0 Å². The van der Waals surface area contributed by atoms with Gasteiger partial charge in [-0.1, -0.05) is 33.1 Å². The van der Waals surface area contributed by atoms with Crippen molar-refractivity contribution >= 4 is 6.16 Å². The minimum atomic E-state index is -1.83. The van der Waals surface area contributed by atoms with Crippen molar-refractivity contribution in [1.29, 1.82) is 0 Å². The Kier molecular flexibility index (Phi) is 15.6. The molecular formula is C9H21NO3. The number of rotatable bonds is 6. The summed E-state index contributed by atoms with van der Waals surface area (Å²) >= 11 is 0. The molecule has 0 aliphatic rings. The van der Waals surface area contributed by atoms with E-state index in [1.165, 1.54) is 32.2 Å². The summed E-state index contributed by atoms with van der Waals surface area (Å²) in [5, 5.41) is 17.3. The lowest BCUT2D eigenvalue weighted by Gasteiger charge is -1.98. The molecule has 0 heterocycles. The molecule has 0 spiro atoms. The third-order valence-corrected chi connectivity index (χ3v) is 1.46. The van der Waals surface area contributed by atoms with Gasteiger partial charge < -0.3 is 15.5 Å². The summed E-state index contributed by atoms with van der Waals surface area (Å²) in [7, 11) is 0. The summed E-state index contributed by atoms with van der Waals surface area (Å²) in [6.45, 7) is 6.72. The molecule has 0 aromatic rings. The minimum Gasteiger partial charge on any atom is -0.450 e. The van der Waals surface area contributed by atoms with Gasteiger partial charge in [-0.25, -0.2) is 4.79 Å². The molecule has 0 rings (SSSR count). The maximum absolute atomic E-state index is 8.56. The zero-order chi connectivity index (χ0) is 10.5. The molecule has 0 fully saturated rings. The Morgan fingerprint density at radius 2 is 1.69 bits per heavy atom. The lowest BCUT2D eigenvalue weighted by Crippen LogP contribution is -2.13. The van der Waals surface area contributed by atoms with Gasteiger partial charge in [-0.05, 0) is 19.5 Å². The van der Waals surface area contributed by atoms with Crippen LogP contribution >= 0.6 is 0 Å². The smallest absolute Gasteiger partial charge is 0.450 e. The first-order valence-corrected chi connectivity index (χ1v) is 4.77. The van der Waals surface area contributed by atoms with E-state index in [2.05, 4.69) is 19.2 Å². The van der Waals surface area contributed by atoms with E-state index < -0.39 is 6.16 Å². The first-order valence-electron chi connectivity index (χ1n) is 4.77. The molecule has 0 aliphatic carbocycles. The Labute approximate surface area is 80.0 Å². The van der Waals surface area contributed by atoms with Crippen LogP contribution in [0.1, 0.15) is 39.5 Å². The van der Waals surface area contributed by atoms with Crippen LogP contribution in [0.3, 0.4) is 0 Å². The fraction of sp³-hybridized carbons (Fsp3) is 0.889. The van der Waals surface area contributed by atoms with Crippen LogP contribution in [0, 0.1) is 0 Å². The third-order valence-electron chi connectivity index (χ3n) is 1.46. The van der Waals surface area contributed by atoms with Gasteiger partial charge in [0, 0.05) is 0 Å². The molecule has 0 saturated carbocycles. The van der Waals surface area contributed by atoms with Crippen LogP contribution in [0.25, 0.3) is 0 Å². The van der Waals surface area contributed by atoms with E-state index in [0.717, 1.165) is 6.54 Å². The highest BCUT2D eigenvalue weighted by atomic mass is 16.6. The van der Waals surface area contributed by atoms with Crippen molar-refractivity contribution in [3.8, 4) is 0 Å². The van der Waals surface area contributed by atoms with Crippen molar-refractivity contribution in [2.45, 2.75) is 39.5 Å². The van der Waals surface area contributed by atoms with Gasteiger partial charge in [-0.2, -0.15) is 0 Å². The standard InChI is InChI=1S/C8H19N.CH2O3/c1-3-5-6-7-8-9-4-2;2-1(3)4/h9H,3-8H2,1-2H3;(H2,2,3,4). The number of unbranched alkanes of at least 4 members (excludes halogenated alkanes) is 3. The second-order valence-corrected chi connectivity index (χ2v) is 2.70. The highest BCUT2D eigenvalue weighted by molar-refractivity contribution is 5.53. The third kappa shape index (κ3) is 35.0. The van der Waals surface area contributed by atoms with Crippen LogP contribution in [0.2, 0.25) is 0 Å². The van der Waals surface area contributed by atoms with Crippen molar-refractivity contribution in [1.82, 2.24) is 5.32 Å². The fourth-order valence-corrected chi connectivity index (χ4v) is 0.854. The Morgan fingerprint density at radius 1 is 1.15 bits per heavy atom. The lowest BCUT2D eigenvalue weighted by atomic mass is 10.2. The molecule has 4 heteroatoms. The molecule has 0 amide bonds. The molecule has 13 heavy (non-hydrogen) atoms. The first-order chi connectivity index (χ1) is 6.15. The molecule has 0 saturated heterocycles. The fourth-order valence-electron chi connectivity index (χ4n) is 0.854. The highest BCUT2D eigenvalue weighted by Gasteiger charge is 1.84. The topological polar surface area (TPSA) is 69.6 Å². The van der Waals surface area contributed by atoms with E-state index in [1.807, 2.05) is 0 Å². The van der Waals surface area contributed by atoms with Crippen LogP contribution in [0.5, 0.6) is 0 Å². The molecule has 80 valence electrons. The Bertz CT molecular complexity index is 97.0. The van der Waals surface area contributed by atoms with Crippen molar-refractivity contribution in [2.75, 3.05) is 13.1 Å². The zero-order valence-corrected chi connectivity index (χ0v) is 8.55. The molecule has 0 atom stereocenters. The van der Waals surface area contributed by atoms with Gasteiger partial charge in [0.2, 0.25) is 0 Å². The Balaban J connectivity index is 0. The number of carbonyl (C=O) groups is 1. The maximum Gasteiger partial charge on any atom is 0.503 e. The lowest BCUT2D eigenvalue weighted by molar-refractivity contribution is 0.137. The molecule has 0 radical (unpaired) electrons. The minimum absolute atomic E-state index is 1.12. The summed E-state index contributed by atoms with van der Waals surface area (Å²) in [6.07, 6.45) is 3.64. The molecule has 0 aromatic heterocycles. The van der Waals surface area contributed by atoms with Gasteiger partial charge >= 0.3 is 6.16 Å². The predicted octanol–water partition coefficient (Wildman–Crippen LogP) is 2.40. The second kappa shape index (κ2) is 13.8. The molecule has 0 aliphatic heterocycles. The summed E-state index contributed by atoms with van der Waals surface area (Å²) in [6, 6.07) is 0. The largest absolute Gasteiger partial charge is 0.503 e. The molecule has 3 N–H and O–H groups in total. The van der Waals surface area contributed by atoms with Gasteiger partial charge in [-0.3, -0.25) is 0 Å². The number of hydrogen-bond acceptors (Lipinski definition) is 2. The van der Waals surface area contributed by atoms with E-state index in [-0.39, 0.29) is 0 Å². The SMILES string of the molecule is CCCCCCNCC.O=C(O)O. The van der Waals surface area contributed by atoms with Crippen molar-refractivity contribution in [3.05, 3.63) is 0 Å². The molecule has 0 unspecified atom stereocenters. The summed E-state index contributed by atoms with van der Waals surface area (Å²) in [5.74, 6) is 0. The van der Waals surface area contributed by atoms with E-state index in [9.17, 15) is 0 Å². The van der Waals surface area contributed by atoms with Gasteiger partial charge in [-0.15, -0.1) is 0 Å². The zero-order valence-electron chi connectivity index (χ0n) is 8.55. The Hall–Kier alpha value is -0.770. The Morgan fingerprint density at radius 3 is 2.08 bits per heavy atom. The monoisotopic (exact) mass is 191 g/mol. The van der Waals surface area contributed by atoms with Crippen LogP contribution in [0.15, 0.2) is 0 Å². The van der Waals surface area contributed by atoms with E-state index in [1.54, 1.807) is 0 Å². The highest BCUT2D eigenvalue weighted by Crippen LogP contribution is 1.96. The number of nitrogens with one attached hydrogen (secondary N) is 1. The first kappa shape index (κ1) is 14.7. The number of carboxylic acid groups (broad SMARTS) is 2. The van der Waals surface area contributed by atoms with E-state index >= 15 is 0 Å². The predicted molar refractivity (Wildman–Crippen MR) is 53.3 cm³/mol. The average Bonchev–Trinajstić information content (AvgIpc) is 2.03. The van der Waals surface area contributed by atoms with Gasteiger partial charge in [0.15, 0.2) is 0 Å². The van der Waals surface area contributed by atoms with Gasteiger partial charge in [0.25, 0.3) is 0 Å². The van der Waals surface area contributed by atoms with E-state index in [4.69, 9.17) is 15.0 Å². The van der Waals surface area contributed by atoms with Crippen LogP contribution in [-0.2, 0) is 0 Å². The normalized spacial score (nSPS) is 8.77. The van der Waals surface area contributed by atoms with Crippen LogP contribution in [-0.4, -0.2) is 29.5 Å². The van der Waals surface area contributed by atoms with Crippen molar-refractivity contribution in [3.63, 3.8) is 0 Å². The molecule has 0 aromatic carbocycles. The molecule has 4 nitrogen and oxygen atoms in total. The summed E-state index contributed by atoms with van der Waals surface area (Å²) in [4.78, 5) is 8.56. The van der Waals surface area contributed by atoms with Crippen LogP contribution < -0.4 is 5.32 Å². The average molecular weight is 191 g/mol. The molecule has 0 bridgehead atoms. The quantitative estimate of drug-likeness (QED) is 0.564.